The van der Waals surface area contributed by atoms with Gasteiger partial charge in [-0.1, -0.05) is 12.8 Å². The van der Waals surface area contributed by atoms with Crippen LogP contribution in [0.25, 0.3) is 0 Å². The van der Waals surface area contributed by atoms with Crippen molar-refractivity contribution in [2.24, 2.45) is 0 Å². The van der Waals surface area contributed by atoms with Gasteiger partial charge >= 0.3 is 0 Å². The molecule has 0 amide bonds. The highest BCUT2D eigenvalue weighted by atomic mass is 16.5. The molecule has 2 unspecified atom stereocenters. The summed E-state index contributed by atoms with van der Waals surface area (Å²) in [5.74, 6) is 0. The molecule has 0 saturated heterocycles. The van der Waals surface area contributed by atoms with Gasteiger partial charge in [0.15, 0.2) is 0 Å². The fourth-order valence-corrected chi connectivity index (χ4v) is 2.41. The minimum absolute atomic E-state index is 0.376. The van der Waals surface area contributed by atoms with Crippen LogP contribution in [0.1, 0.15) is 36.9 Å². The summed E-state index contributed by atoms with van der Waals surface area (Å²) >= 11 is 0. The number of nitrogens with one attached hydrogen (secondary N) is 2. The van der Waals surface area contributed by atoms with Crippen molar-refractivity contribution in [3.05, 3.63) is 17.5 Å². The monoisotopic (exact) mass is 223 g/mol. The summed E-state index contributed by atoms with van der Waals surface area (Å²) in [6.07, 6.45) is 7.27. The molecular formula is C12H21N3O. The van der Waals surface area contributed by atoms with Crippen LogP contribution in [0.2, 0.25) is 0 Å². The molecule has 1 saturated carbocycles. The largest absolute Gasteiger partial charge is 0.380 e. The Labute approximate surface area is 96.8 Å². The number of H-pyrrole nitrogens is 1. The molecule has 2 N–H and O–H groups in total. The topological polar surface area (TPSA) is 49.9 Å². The molecule has 1 aliphatic rings. The Kier molecular flexibility index (Phi) is 3.96. The Balaban J connectivity index is 1.86. The van der Waals surface area contributed by atoms with Crippen molar-refractivity contribution in [1.29, 1.82) is 0 Å². The van der Waals surface area contributed by atoms with Crippen molar-refractivity contribution < 1.29 is 4.74 Å². The van der Waals surface area contributed by atoms with Crippen molar-refractivity contribution in [2.75, 3.05) is 7.11 Å². The fourth-order valence-electron chi connectivity index (χ4n) is 2.41. The van der Waals surface area contributed by atoms with Crippen LogP contribution in [-0.2, 0) is 11.3 Å². The smallest absolute Gasteiger partial charge is 0.0724 e. The lowest BCUT2D eigenvalue weighted by Crippen LogP contribution is -2.42. The third kappa shape index (κ3) is 2.62. The highest BCUT2D eigenvalue weighted by Crippen LogP contribution is 2.21. The summed E-state index contributed by atoms with van der Waals surface area (Å²) < 4.78 is 5.52. The predicted molar refractivity (Wildman–Crippen MR) is 63.2 cm³/mol. The van der Waals surface area contributed by atoms with Crippen LogP contribution in [0.4, 0.5) is 0 Å². The fraction of sp³-hybridized carbons (Fsp3) is 0.750. The SMILES string of the molecule is COC1CCCCC1NCc1cn[nH]c1C. The van der Waals surface area contributed by atoms with E-state index >= 15 is 0 Å². The minimum Gasteiger partial charge on any atom is -0.380 e. The zero-order valence-electron chi connectivity index (χ0n) is 10.1. The number of aromatic amines is 1. The Morgan fingerprint density at radius 2 is 2.31 bits per heavy atom. The standard InChI is InChI=1S/C12H21N3O/c1-9-10(8-14-15-9)7-13-11-5-3-4-6-12(11)16-2/h8,11-13H,3-7H2,1-2H3,(H,14,15). The van der Waals surface area contributed by atoms with Crippen LogP contribution in [0.3, 0.4) is 0 Å². The van der Waals surface area contributed by atoms with E-state index in [1.807, 2.05) is 13.3 Å². The Bertz CT molecular complexity index is 324. The van der Waals surface area contributed by atoms with E-state index < -0.39 is 0 Å². The first kappa shape index (κ1) is 11.6. The minimum atomic E-state index is 0.376. The summed E-state index contributed by atoms with van der Waals surface area (Å²) in [4.78, 5) is 0. The zero-order valence-corrected chi connectivity index (χ0v) is 10.1. The second-order valence-electron chi connectivity index (χ2n) is 4.57. The van der Waals surface area contributed by atoms with Gasteiger partial charge in [-0.25, -0.2) is 0 Å². The van der Waals surface area contributed by atoms with Crippen molar-refractivity contribution in [2.45, 2.75) is 51.3 Å². The molecule has 4 heteroatoms. The molecule has 1 heterocycles. The summed E-state index contributed by atoms with van der Waals surface area (Å²) in [7, 11) is 1.81. The second-order valence-corrected chi connectivity index (χ2v) is 4.57. The van der Waals surface area contributed by atoms with Crippen LogP contribution >= 0.6 is 0 Å². The maximum atomic E-state index is 5.52. The molecule has 4 nitrogen and oxygen atoms in total. The lowest BCUT2D eigenvalue weighted by Gasteiger charge is -2.31. The van der Waals surface area contributed by atoms with E-state index in [4.69, 9.17) is 4.74 Å². The van der Waals surface area contributed by atoms with Gasteiger partial charge in [0.25, 0.3) is 0 Å². The number of methoxy groups -OCH3 is 1. The second kappa shape index (κ2) is 5.46. The lowest BCUT2D eigenvalue weighted by molar-refractivity contribution is 0.0413. The van der Waals surface area contributed by atoms with E-state index in [1.54, 1.807) is 0 Å². The molecule has 90 valence electrons. The lowest BCUT2D eigenvalue weighted by atomic mass is 9.92. The molecule has 16 heavy (non-hydrogen) atoms. The summed E-state index contributed by atoms with van der Waals surface area (Å²) in [6, 6.07) is 0.494. The number of aryl methyl sites for hydroxylation is 1. The van der Waals surface area contributed by atoms with Gasteiger partial charge in [0, 0.05) is 31.0 Å². The van der Waals surface area contributed by atoms with Crippen LogP contribution in [0, 0.1) is 6.92 Å². The number of hydrogen-bond donors (Lipinski definition) is 2. The summed E-state index contributed by atoms with van der Waals surface area (Å²) in [5, 5.41) is 10.6. The van der Waals surface area contributed by atoms with Gasteiger partial charge in [-0.3, -0.25) is 5.10 Å². The van der Waals surface area contributed by atoms with Gasteiger partial charge in [-0.15, -0.1) is 0 Å². The molecule has 0 aromatic carbocycles. The summed E-state index contributed by atoms with van der Waals surface area (Å²) in [6.45, 7) is 2.94. The molecule has 0 aliphatic heterocycles. The van der Waals surface area contributed by atoms with Gasteiger partial charge in [0.1, 0.15) is 0 Å². The average molecular weight is 223 g/mol. The van der Waals surface area contributed by atoms with E-state index in [2.05, 4.69) is 22.4 Å². The van der Waals surface area contributed by atoms with Gasteiger partial charge in [0.05, 0.1) is 12.3 Å². The Hall–Kier alpha value is -0.870. The van der Waals surface area contributed by atoms with Crippen molar-refractivity contribution in [3.8, 4) is 0 Å². The van der Waals surface area contributed by atoms with E-state index in [9.17, 15) is 0 Å². The first-order valence-electron chi connectivity index (χ1n) is 6.06. The third-order valence-corrected chi connectivity index (χ3v) is 3.49. The first-order chi connectivity index (χ1) is 7.81. The molecule has 0 bridgehead atoms. The molecule has 1 aromatic heterocycles. The van der Waals surface area contributed by atoms with Gasteiger partial charge in [-0.05, 0) is 19.8 Å². The van der Waals surface area contributed by atoms with Crippen LogP contribution < -0.4 is 5.32 Å². The predicted octanol–water partition coefficient (Wildman–Crippen LogP) is 1.77. The van der Waals surface area contributed by atoms with Crippen molar-refractivity contribution in [1.82, 2.24) is 15.5 Å². The van der Waals surface area contributed by atoms with Crippen molar-refractivity contribution >= 4 is 0 Å². The van der Waals surface area contributed by atoms with Gasteiger partial charge < -0.3 is 10.1 Å². The molecule has 2 atom stereocenters. The van der Waals surface area contributed by atoms with Gasteiger partial charge in [0.2, 0.25) is 0 Å². The first-order valence-corrected chi connectivity index (χ1v) is 6.06. The molecule has 1 aliphatic carbocycles. The van der Waals surface area contributed by atoms with E-state index in [-0.39, 0.29) is 0 Å². The number of ether oxygens (including phenoxy) is 1. The molecule has 1 fully saturated rings. The number of aromatic nitrogens is 2. The molecular weight excluding hydrogens is 202 g/mol. The third-order valence-electron chi connectivity index (χ3n) is 3.49. The highest BCUT2D eigenvalue weighted by Gasteiger charge is 2.24. The van der Waals surface area contributed by atoms with E-state index in [0.29, 0.717) is 12.1 Å². The normalized spacial score (nSPS) is 25.9. The zero-order chi connectivity index (χ0) is 11.4. The summed E-state index contributed by atoms with van der Waals surface area (Å²) in [5.41, 5.74) is 2.40. The van der Waals surface area contributed by atoms with Crippen LogP contribution in [-0.4, -0.2) is 29.5 Å². The Morgan fingerprint density at radius 1 is 1.50 bits per heavy atom. The quantitative estimate of drug-likeness (QED) is 0.818. The molecule has 0 radical (unpaired) electrons. The molecule has 2 rings (SSSR count). The van der Waals surface area contributed by atoms with Crippen molar-refractivity contribution in [3.63, 3.8) is 0 Å². The maximum Gasteiger partial charge on any atom is 0.0724 e. The van der Waals surface area contributed by atoms with Crippen LogP contribution in [0.15, 0.2) is 6.20 Å². The maximum absolute atomic E-state index is 5.52. The number of nitrogens with zero attached hydrogens (tertiary/aromatic N) is 1. The van der Waals surface area contributed by atoms with Gasteiger partial charge in [-0.2, -0.15) is 5.10 Å². The number of rotatable bonds is 4. The number of hydrogen-bond acceptors (Lipinski definition) is 3. The molecule has 1 aromatic rings. The Morgan fingerprint density at radius 3 is 3.00 bits per heavy atom. The molecule has 0 spiro atoms. The average Bonchev–Trinajstić information content (AvgIpc) is 2.72. The van der Waals surface area contributed by atoms with E-state index in [0.717, 1.165) is 12.2 Å². The van der Waals surface area contributed by atoms with Crippen LogP contribution in [0.5, 0.6) is 0 Å². The van der Waals surface area contributed by atoms with E-state index in [1.165, 1.54) is 31.2 Å². The highest BCUT2D eigenvalue weighted by molar-refractivity contribution is 5.14.